The smallest absolute Gasteiger partial charge is 0.489 e. The van der Waals surface area contributed by atoms with Crippen molar-refractivity contribution < 1.29 is 63.9 Å². The summed E-state index contributed by atoms with van der Waals surface area (Å²) in [5.41, 5.74) is 6.20. The van der Waals surface area contributed by atoms with E-state index < -0.39 is 12.7 Å². The maximum Gasteiger partial charge on any atom is 0.573 e. The van der Waals surface area contributed by atoms with Gasteiger partial charge in [0, 0.05) is 42.4 Å². The van der Waals surface area contributed by atoms with Gasteiger partial charge < -0.3 is 28.0 Å². The number of ketones is 2. The number of Topliss-reactive ketones (excluding diaryl/α,β-unsaturated/α-hetero) is 2. The average Bonchev–Trinajstić information content (AvgIpc) is 4.09. The van der Waals surface area contributed by atoms with Crippen molar-refractivity contribution in [1.29, 1.82) is 0 Å². The van der Waals surface area contributed by atoms with Crippen molar-refractivity contribution in [2.45, 2.75) is 103 Å². The summed E-state index contributed by atoms with van der Waals surface area (Å²) in [6.07, 6.45) is -1.53. The Bertz CT molecular complexity index is 2530. The molecule has 4 aromatic carbocycles. The molecule has 1 aliphatic rings. The molecule has 0 bridgehead atoms. The summed E-state index contributed by atoms with van der Waals surface area (Å²) in [6.45, 7) is 6.91. The largest absolute Gasteiger partial charge is 0.573 e. The van der Waals surface area contributed by atoms with Crippen LogP contribution in [0.25, 0.3) is 5.57 Å². The molecule has 6 aromatic rings. The van der Waals surface area contributed by atoms with Gasteiger partial charge in [-0.3, -0.25) is 9.59 Å². The highest BCUT2D eigenvalue weighted by Crippen LogP contribution is 2.38. The topological polar surface area (TPSA) is 123 Å². The second kappa shape index (κ2) is 21.9. The van der Waals surface area contributed by atoms with Gasteiger partial charge in [-0.1, -0.05) is 72.7 Å². The van der Waals surface area contributed by atoms with Crippen LogP contribution >= 0.6 is 0 Å². The van der Waals surface area contributed by atoms with Gasteiger partial charge in [-0.15, -0.1) is 26.3 Å². The number of benzene rings is 4. The van der Waals surface area contributed by atoms with E-state index in [0.29, 0.717) is 46.0 Å². The summed E-state index contributed by atoms with van der Waals surface area (Å²) in [7, 11) is 0. The number of aromatic nitrogens is 2. The number of hydrogen-bond acceptors (Lipinski definition) is 10. The first kappa shape index (κ1) is 48.6. The van der Waals surface area contributed by atoms with Crippen LogP contribution in [0.2, 0.25) is 0 Å². The van der Waals surface area contributed by atoms with Crippen molar-refractivity contribution >= 4 is 17.1 Å². The highest BCUT2D eigenvalue weighted by Gasteiger charge is 2.34. The quantitative estimate of drug-likeness (QED) is 0.0770. The molecule has 10 nitrogen and oxygen atoms in total. The highest BCUT2D eigenvalue weighted by molar-refractivity contribution is 5.77. The van der Waals surface area contributed by atoms with E-state index in [1.165, 1.54) is 38.5 Å². The maximum atomic E-state index is 13.0. The molecule has 0 unspecified atom stereocenters. The van der Waals surface area contributed by atoms with Gasteiger partial charge in [0.2, 0.25) is 0 Å². The second-order valence-corrected chi connectivity index (χ2v) is 16.1. The summed E-state index contributed by atoms with van der Waals surface area (Å²) in [4.78, 5) is 23.4. The van der Waals surface area contributed by atoms with E-state index in [2.05, 4.69) is 19.8 Å². The number of carbonyl (C=O) groups excluding carboxylic acids is 2. The van der Waals surface area contributed by atoms with Crippen LogP contribution < -0.4 is 18.9 Å². The molecule has 0 fully saturated rings. The van der Waals surface area contributed by atoms with Gasteiger partial charge in [0.15, 0.2) is 0 Å². The molecule has 348 valence electrons. The SMILES string of the molecule is CC(=O)C[C@@H](c1ccc(OCc2ccc(C3=CCCC3)c(OC(F)(F)F)c2)cc1)c1ccon1.CC(=O)C[C@@H](c1ccc(OCc2ccc(OC(F)(F)F)c(C(C)C)c2)cc1)c1ccon1. The lowest BCUT2D eigenvalue weighted by Gasteiger charge is -2.17. The number of nitrogens with zero attached hydrogens (tertiary/aromatic N) is 2. The molecule has 7 rings (SSSR count). The Hall–Kier alpha value is -6.84. The van der Waals surface area contributed by atoms with E-state index in [9.17, 15) is 35.9 Å². The minimum Gasteiger partial charge on any atom is -0.489 e. The Morgan fingerprint density at radius 1 is 0.636 bits per heavy atom. The van der Waals surface area contributed by atoms with E-state index in [0.717, 1.165) is 41.5 Å². The lowest BCUT2D eigenvalue weighted by Crippen LogP contribution is -2.18. The fourth-order valence-electron chi connectivity index (χ4n) is 7.49. The lowest BCUT2D eigenvalue weighted by molar-refractivity contribution is -0.275. The van der Waals surface area contributed by atoms with E-state index in [1.807, 2.05) is 30.3 Å². The zero-order chi connectivity index (χ0) is 47.4. The number of rotatable bonds is 18. The first-order chi connectivity index (χ1) is 31.4. The van der Waals surface area contributed by atoms with Crippen LogP contribution in [0.15, 0.2) is 125 Å². The number of ether oxygens (including phenoxy) is 4. The molecule has 0 N–H and O–H groups in total. The Balaban J connectivity index is 0.000000219. The summed E-state index contributed by atoms with van der Waals surface area (Å²) in [5.74, 6) is 0.200. The third-order valence-corrected chi connectivity index (χ3v) is 10.6. The van der Waals surface area contributed by atoms with Gasteiger partial charge in [0.1, 0.15) is 60.3 Å². The molecular weight excluding hydrogens is 871 g/mol. The summed E-state index contributed by atoms with van der Waals surface area (Å²) in [6, 6.07) is 27.2. The van der Waals surface area contributed by atoms with Crippen LogP contribution in [0, 0.1) is 0 Å². The Kier molecular flexibility index (Phi) is 16.1. The third kappa shape index (κ3) is 14.3. The zero-order valence-electron chi connectivity index (χ0n) is 36.6. The second-order valence-electron chi connectivity index (χ2n) is 16.1. The van der Waals surface area contributed by atoms with Gasteiger partial charge in [-0.25, -0.2) is 0 Å². The lowest BCUT2D eigenvalue weighted by atomic mass is 9.91. The van der Waals surface area contributed by atoms with Crippen molar-refractivity contribution in [3.8, 4) is 23.0 Å². The van der Waals surface area contributed by atoms with Crippen LogP contribution in [0.1, 0.15) is 122 Å². The number of hydrogen-bond donors (Lipinski definition) is 0. The normalized spacial score (nSPS) is 13.6. The van der Waals surface area contributed by atoms with Crippen LogP contribution in [0.4, 0.5) is 26.3 Å². The molecule has 0 spiro atoms. The molecular formula is C50H48F6N2O8. The molecule has 1 aliphatic carbocycles. The molecule has 66 heavy (non-hydrogen) atoms. The van der Waals surface area contributed by atoms with E-state index in [-0.39, 0.29) is 60.5 Å². The molecule has 0 aliphatic heterocycles. The summed E-state index contributed by atoms with van der Waals surface area (Å²) in [5, 5.41) is 7.92. The highest BCUT2D eigenvalue weighted by atomic mass is 19.4. The molecule has 0 saturated carbocycles. The zero-order valence-corrected chi connectivity index (χ0v) is 36.6. The number of halogens is 6. The average molecular weight is 919 g/mol. The van der Waals surface area contributed by atoms with Crippen LogP contribution in [0.3, 0.4) is 0 Å². The number of carbonyl (C=O) groups is 2. The standard InChI is InChI=1S/C26H24F3NO4.C24H24F3NO4/c1-17(31)14-23(24-12-13-33-30-24)20-7-9-21(10-8-20)32-16-18-6-11-22(19-4-2-3-5-19)25(15-18)34-26(27,28)29;1-15(2)20-13-17(4-9-23(20)32-24(25,26)27)14-30-19-7-5-18(6-8-19)21(12-16(3)29)22-10-11-31-28-22/h4,6-13,15,23H,2-3,5,14,16H2,1H3;4-11,13,15,21H,12,14H2,1-3H3/t23-;21-/m00/s1. The van der Waals surface area contributed by atoms with E-state index in [1.54, 1.807) is 74.5 Å². The fourth-order valence-corrected chi connectivity index (χ4v) is 7.49. The minimum absolute atomic E-state index is 0.0296. The summed E-state index contributed by atoms with van der Waals surface area (Å²) >= 11 is 0. The Labute approximate surface area is 377 Å². The van der Waals surface area contributed by atoms with Crippen molar-refractivity contribution in [3.05, 3.63) is 160 Å². The molecule has 0 radical (unpaired) electrons. The molecule has 2 aromatic heterocycles. The Morgan fingerprint density at radius 2 is 1.12 bits per heavy atom. The maximum absolute atomic E-state index is 13.0. The van der Waals surface area contributed by atoms with Gasteiger partial charge in [-0.05, 0) is 115 Å². The van der Waals surface area contributed by atoms with Crippen LogP contribution in [-0.4, -0.2) is 34.6 Å². The predicted molar refractivity (Wildman–Crippen MR) is 231 cm³/mol. The predicted octanol–water partition coefficient (Wildman–Crippen LogP) is 13.2. The van der Waals surface area contributed by atoms with E-state index >= 15 is 0 Å². The molecule has 2 heterocycles. The van der Waals surface area contributed by atoms with Crippen molar-refractivity contribution in [2.24, 2.45) is 0 Å². The first-order valence-electron chi connectivity index (χ1n) is 21.1. The van der Waals surface area contributed by atoms with Crippen LogP contribution in [-0.2, 0) is 22.8 Å². The molecule has 16 heteroatoms. The third-order valence-electron chi connectivity index (χ3n) is 10.6. The molecule has 0 saturated heterocycles. The van der Waals surface area contributed by atoms with Gasteiger partial charge in [-0.2, -0.15) is 0 Å². The van der Waals surface area contributed by atoms with Crippen molar-refractivity contribution in [2.75, 3.05) is 0 Å². The fraction of sp³-hybridized carbons (Fsp3) is 0.320. The first-order valence-corrected chi connectivity index (χ1v) is 21.1. The Morgan fingerprint density at radius 3 is 1.55 bits per heavy atom. The number of alkyl halides is 6. The summed E-state index contributed by atoms with van der Waals surface area (Å²) < 4.78 is 107. The van der Waals surface area contributed by atoms with Gasteiger partial charge in [0.25, 0.3) is 0 Å². The number of allylic oxidation sites excluding steroid dienone is 2. The van der Waals surface area contributed by atoms with Crippen molar-refractivity contribution in [1.82, 2.24) is 10.3 Å². The van der Waals surface area contributed by atoms with Gasteiger partial charge in [0.05, 0.1) is 11.4 Å². The molecule has 2 atom stereocenters. The molecule has 0 amide bonds. The monoisotopic (exact) mass is 918 g/mol. The minimum atomic E-state index is -4.77. The van der Waals surface area contributed by atoms with Gasteiger partial charge >= 0.3 is 12.7 Å². The van der Waals surface area contributed by atoms with Crippen LogP contribution in [0.5, 0.6) is 23.0 Å². The van der Waals surface area contributed by atoms with Crippen molar-refractivity contribution in [3.63, 3.8) is 0 Å². The van der Waals surface area contributed by atoms with E-state index in [4.69, 9.17) is 18.5 Å².